The lowest BCUT2D eigenvalue weighted by atomic mass is 10.1. The van der Waals surface area contributed by atoms with E-state index >= 15 is 0 Å². The Morgan fingerprint density at radius 1 is 1.17 bits per heavy atom. The second kappa shape index (κ2) is 6.64. The summed E-state index contributed by atoms with van der Waals surface area (Å²) >= 11 is 5.27. The lowest BCUT2D eigenvalue weighted by molar-refractivity contribution is 0.398. The van der Waals surface area contributed by atoms with Crippen LogP contribution in [0.3, 0.4) is 0 Å². The highest BCUT2D eigenvalue weighted by Crippen LogP contribution is 2.37. The summed E-state index contributed by atoms with van der Waals surface area (Å²) in [7, 11) is 1.62. The van der Waals surface area contributed by atoms with Gasteiger partial charge in [0.25, 0.3) is 0 Å². The molecule has 4 rings (SSSR count). The third-order valence-corrected chi connectivity index (χ3v) is 6.10. The van der Waals surface area contributed by atoms with Crippen LogP contribution in [0.15, 0.2) is 28.2 Å². The molecular formula is C17H17BrN4OS. The Hall–Kier alpha value is -1.73. The number of anilines is 1. The maximum atomic E-state index is 5.16. The molecule has 0 atom stereocenters. The van der Waals surface area contributed by atoms with Crippen molar-refractivity contribution >= 4 is 43.4 Å². The summed E-state index contributed by atoms with van der Waals surface area (Å²) in [6, 6.07) is 3.87. The normalized spacial score (nSPS) is 15.0. The molecule has 4 heterocycles. The molecule has 5 nitrogen and oxygen atoms in total. The number of hydrogen-bond donors (Lipinski definition) is 0. The Labute approximate surface area is 152 Å². The Kier molecular flexibility index (Phi) is 4.37. The predicted octanol–water partition coefficient (Wildman–Crippen LogP) is 4.51. The average molecular weight is 405 g/mol. The summed E-state index contributed by atoms with van der Waals surface area (Å²) in [5.74, 6) is 1.42. The summed E-state index contributed by atoms with van der Waals surface area (Å²) in [6.45, 7) is 2.04. The van der Waals surface area contributed by atoms with Gasteiger partial charge in [0, 0.05) is 36.3 Å². The topological polar surface area (TPSA) is 51.1 Å². The SMILES string of the molecule is COc1ccc(-c2nc(N3CCCCC3)nc3c(Br)csc23)cn1. The number of piperidine rings is 1. The number of thiophene rings is 1. The van der Waals surface area contributed by atoms with Gasteiger partial charge < -0.3 is 9.64 Å². The number of pyridine rings is 1. The molecule has 0 amide bonds. The first-order valence-corrected chi connectivity index (χ1v) is 9.63. The molecule has 3 aromatic heterocycles. The lowest BCUT2D eigenvalue weighted by Crippen LogP contribution is -2.31. The molecule has 1 fully saturated rings. The quantitative estimate of drug-likeness (QED) is 0.642. The van der Waals surface area contributed by atoms with Gasteiger partial charge in [-0.25, -0.2) is 15.0 Å². The molecule has 0 N–H and O–H groups in total. The van der Waals surface area contributed by atoms with Gasteiger partial charge in [0.15, 0.2) is 0 Å². The molecule has 0 unspecified atom stereocenters. The van der Waals surface area contributed by atoms with Gasteiger partial charge in [-0.3, -0.25) is 0 Å². The number of hydrogen-bond acceptors (Lipinski definition) is 6. The van der Waals surface area contributed by atoms with Crippen LogP contribution in [-0.4, -0.2) is 35.2 Å². The molecule has 1 aliphatic rings. The Bertz CT molecular complexity index is 859. The minimum absolute atomic E-state index is 0.604. The van der Waals surface area contributed by atoms with Gasteiger partial charge in [-0.05, 0) is 41.3 Å². The summed E-state index contributed by atoms with van der Waals surface area (Å²) < 4.78 is 7.26. The maximum absolute atomic E-state index is 5.16. The van der Waals surface area contributed by atoms with E-state index in [4.69, 9.17) is 14.7 Å². The highest BCUT2D eigenvalue weighted by Gasteiger charge is 2.19. The summed E-state index contributed by atoms with van der Waals surface area (Å²) in [5, 5.41) is 2.07. The van der Waals surface area contributed by atoms with Gasteiger partial charge in [-0.15, -0.1) is 11.3 Å². The van der Waals surface area contributed by atoms with Crippen LogP contribution in [0.4, 0.5) is 5.95 Å². The first-order chi connectivity index (χ1) is 11.8. The Balaban J connectivity index is 1.85. The summed E-state index contributed by atoms with van der Waals surface area (Å²) in [5.41, 5.74) is 2.89. The van der Waals surface area contributed by atoms with Gasteiger partial charge in [0.05, 0.1) is 22.0 Å². The van der Waals surface area contributed by atoms with Crippen molar-refractivity contribution in [3.63, 3.8) is 0 Å². The van der Waals surface area contributed by atoms with E-state index in [2.05, 4.69) is 31.2 Å². The molecule has 124 valence electrons. The number of halogens is 1. The monoisotopic (exact) mass is 404 g/mol. The van der Waals surface area contributed by atoms with Crippen LogP contribution < -0.4 is 9.64 Å². The van der Waals surface area contributed by atoms with Crippen LogP contribution >= 0.6 is 27.3 Å². The molecule has 1 aliphatic heterocycles. The molecule has 24 heavy (non-hydrogen) atoms. The lowest BCUT2D eigenvalue weighted by Gasteiger charge is -2.27. The van der Waals surface area contributed by atoms with E-state index < -0.39 is 0 Å². The van der Waals surface area contributed by atoms with Crippen LogP contribution in [0.1, 0.15) is 19.3 Å². The Morgan fingerprint density at radius 2 is 2.00 bits per heavy atom. The molecule has 7 heteroatoms. The Morgan fingerprint density at radius 3 is 2.71 bits per heavy atom. The predicted molar refractivity (Wildman–Crippen MR) is 101 cm³/mol. The highest BCUT2D eigenvalue weighted by atomic mass is 79.9. The molecule has 0 spiro atoms. The van der Waals surface area contributed by atoms with Crippen molar-refractivity contribution in [1.29, 1.82) is 0 Å². The zero-order valence-corrected chi connectivity index (χ0v) is 15.7. The van der Waals surface area contributed by atoms with Crippen LogP contribution in [-0.2, 0) is 0 Å². The molecule has 1 saturated heterocycles. The first kappa shape index (κ1) is 15.8. The maximum Gasteiger partial charge on any atom is 0.226 e. The largest absolute Gasteiger partial charge is 0.481 e. The molecular weight excluding hydrogens is 388 g/mol. The van der Waals surface area contributed by atoms with Crippen molar-refractivity contribution in [3.05, 3.63) is 28.2 Å². The van der Waals surface area contributed by atoms with E-state index in [0.717, 1.165) is 45.0 Å². The van der Waals surface area contributed by atoms with Gasteiger partial charge in [0.1, 0.15) is 5.52 Å². The smallest absolute Gasteiger partial charge is 0.226 e. The molecule has 3 aromatic rings. The van der Waals surface area contributed by atoms with Crippen molar-refractivity contribution in [2.75, 3.05) is 25.1 Å². The van der Waals surface area contributed by atoms with E-state index in [0.29, 0.717) is 5.88 Å². The fraction of sp³-hybridized carbons (Fsp3) is 0.353. The minimum atomic E-state index is 0.604. The minimum Gasteiger partial charge on any atom is -0.481 e. The molecule has 0 aromatic carbocycles. The van der Waals surface area contributed by atoms with Crippen LogP contribution in [0.5, 0.6) is 5.88 Å². The van der Waals surface area contributed by atoms with Gasteiger partial charge >= 0.3 is 0 Å². The van der Waals surface area contributed by atoms with Crippen LogP contribution in [0.25, 0.3) is 21.5 Å². The van der Waals surface area contributed by atoms with E-state index in [1.54, 1.807) is 18.4 Å². The summed E-state index contributed by atoms with van der Waals surface area (Å²) in [6.07, 6.45) is 5.50. The molecule has 0 saturated carbocycles. The van der Waals surface area contributed by atoms with Crippen molar-refractivity contribution in [3.8, 4) is 17.1 Å². The highest BCUT2D eigenvalue weighted by molar-refractivity contribution is 9.10. The average Bonchev–Trinajstić information content (AvgIpc) is 3.03. The van der Waals surface area contributed by atoms with Gasteiger partial charge in [-0.2, -0.15) is 0 Å². The second-order valence-corrected chi connectivity index (χ2v) is 7.50. The van der Waals surface area contributed by atoms with Gasteiger partial charge in [-0.1, -0.05) is 0 Å². The van der Waals surface area contributed by atoms with Crippen molar-refractivity contribution in [2.24, 2.45) is 0 Å². The third-order valence-electron chi connectivity index (χ3n) is 4.22. The van der Waals surface area contributed by atoms with E-state index in [1.165, 1.54) is 19.3 Å². The standard InChI is InChI=1S/C17H17BrN4OS/c1-23-13-6-5-11(9-19-13)14-16-15(12(18)10-24-16)21-17(20-14)22-7-3-2-4-8-22/h5-6,9-10H,2-4,7-8H2,1H3. The zero-order valence-electron chi connectivity index (χ0n) is 13.3. The van der Waals surface area contributed by atoms with Crippen molar-refractivity contribution < 1.29 is 4.74 Å². The van der Waals surface area contributed by atoms with Crippen LogP contribution in [0, 0.1) is 0 Å². The van der Waals surface area contributed by atoms with E-state index in [-0.39, 0.29) is 0 Å². The number of aromatic nitrogens is 3. The fourth-order valence-electron chi connectivity index (χ4n) is 2.95. The third kappa shape index (κ3) is 2.86. The van der Waals surface area contributed by atoms with Crippen molar-refractivity contribution in [1.82, 2.24) is 15.0 Å². The van der Waals surface area contributed by atoms with Gasteiger partial charge in [0.2, 0.25) is 11.8 Å². The molecule has 0 bridgehead atoms. The second-order valence-electron chi connectivity index (χ2n) is 5.77. The number of methoxy groups -OCH3 is 1. The number of nitrogens with zero attached hydrogens (tertiary/aromatic N) is 4. The molecule has 0 aliphatic carbocycles. The number of ether oxygens (including phenoxy) is 1. The van der Waals surface area contributed by atoms with E-state index in [1.807, 2.05) is 18.3 Å². The fourth-order valence-corrected chi connectivity index (χ4v) is 4.52. The van der Waals surface area contributed by atoms with E-state index in [9.17, 15) is 0 Å². The first-order valence-electron chi connectivity index (χ1n) is 7.96. The summed E-state index contributed by atoms with van der Waals surface area (Å²) in [4.78, 5) is 16.3. The molecule has 0 radical (unpaired) electrons. The number of rotatable bonds is 3. The van der Waals surface area contributed by atoms with Crippen LogP contribution in [0.2, 0.25) is 0 Å². The van der Waals surface area contributed by atoms with Crippen molar-refractivity contribution in [2.45, 2.75) is 19.3 Å². The number of fused-ring (bicyclic) bond motifs is 1. The zero-order chi connectivity index (χ0) is 16.5.